The number of hydrogen-bond acceptors (Lipinski definition) is 5. The van der Waals surface area contributed by atoms with Crippen LogP contribution in [0.3, 0.4) is 0 Å². The normalized spacial score (nSPS) is 21.0. The van der Waals surface area contributed by atoms with E-state index in [0.717, 1.165) is 17.5 Å². The van der Waals surface area contributed by atoms with Gasteiger partial charge in [-0.25, -0.2) is 8.42 Å². The summed E-state index contributed by atoms with van der Waals surface area (Å²) in [6.45, 7) is 6.93. The number of aryl methyl sites for hydroxylation is 1. The maximum atomic E-state index is 13.4. The molecule has 0 aromatic heterocycles. The summed E-state index contributed by atoms with van der Waals surface area (Å²) >= 11 is 0. The molecular formula is C25H31N3O5S. The first-order chi connectivity index (χ1) is 16.1. The van der Waals surface area contributed by atoms with Crippen molar-refractivity contribution in [2.24, 2.45) is 11.8 Å². The molecule has 1 saturated heterocycles. The quantitative estimate of drug-likeness (QED) is 0.679. The number of anilines is 1. The summed E-state index contributed by atoms with van der Waals surface area (Å²) in [5.41, 5.74) is 2.37. The number of rotatable bonds is 6. The van der Waals surface area contributed by atoms with Crippen LogP contribution in [0.15, 0.2) is 47.4 Å². The minimum atomic E-state index is -3.74. The summed E-state index contributed by atoms with van der Waals surface area (Å²) in [7, 11) is -3.74. The van der Waals surface area contributed by atoms with Gasteiger partial charge in [-0.2, -0.15) is 4.31 Å². The Bertz CT molecular complexity index is 1170. The van der Waals surface area contributed by atoms with Crippen molar-refractivity contribution in [2.75, 3.05) is 31.1 Å². The van der Waals surface area contributed by atoms with Crippen molar-refractivity contribution in [3.63, 3.8) is 0 Å². The molecule has 0 bridgehead atoms. The van der Waals surface area contributed by atoms with Crippen LogP contribution in [0.2, 0.25) is 0 Å². The number of hydrogen-bond donors (Lipinski definition) is 1. The maximum absolute atomic E-state index is 13.4. The third-order valence-corrected chi connectivity index (χ3v) is 8.09. The van der Waals surface area contributed by atoms with Crippen LogP contribution in [0.4, 0.5) is 5.69 Å². The molecule has 8 nitrogen and oxygen atoms in total. The van der Waals surface area contributed by atoms with Crippen LogP contribution in [0, 0.1) is 18.8 Å². The Labute approximate surface area is 200 Å². The molecule has 2 unspecified atom stereocenters. The van der Waals surface area contributed by atoms with Crippen LogP contribution >= 0.6 is 0 Å². The number of fused-ring (bicyclic) bond motifs is 1. The van der Waals surface area contributed by atoms with E-state index in [9.17, 15) is 18.0 Å². The summed E-state index contributed by atoms with van der Waals surface area (Å²) in [4.78, 5) is 26.6. The molecule has 2 heterocycles. The lowest BCUT2D eigenvalue weighted by molar-refractivity contribution is -0.125. The molecule has 0 saturated carbocycles. The maximum Gasteiger partial charge on any atom is 0.265 e. The highest BCUT2D eigenvalue weighted by Crippen LogP contribution is 2.36. The number of benzene rings is 2. The minimum absolute atomic E-state index is 0.0934. The molecule has 182 valence electrons. The molecule has 2 atom stereocenters. The Balaban J connectivity index is 1.53. The number of piperidine rings is 1. The van der Waals surface area contributed by atoms with E-state index in [1.165, 1.54) is 21.3 Å². The summed E-state index contributed by atoms with van der Waals surface area (Å²) < 4.78 is 33.7. The topological polar surface area (TPSA) is 96.0 Å². The highest BCUT2D eigenvalue weighted by molar-refractivity contribution is 7.89. The van der Waals surface area contributed by atoms with Crippen LogP contribution in [-0.2, 0) is 26.2 Å². The summed E-state index contributed by atoms with van der Waals surface area (Å²) in [6, 6.07) is 12.3. The second-order valence-electron chi connectivity index (χ2n) is 9.43. The smallest absolute Gasteiger partial charge is 0.265 e. The summed E-state index contributed by atoms with van der Waals surface area (Å²) in [5, 5.41) is 2.82. The van der Waals surface area contributed by atoms with Crippen molar-refractivity contribution < 1.29 is 22.7 Å². The van der Waals surface area contributed by atoms with E-state index in [0.29, 0.717) is 31.1 Å². The molecule has 0 radical (unpaired) electrons. The van der Waals surface area contributed by atoms with E-state index < -0.39 is 15.9 Å². The fourth-order valence-corrected chi connectivity index (χ4v) is 6.27. The number of sulfonamides is 1. The molecule has 34 heavy (non-hydrogen) atoms. The predicted octanol–water partition coefficient (Wildman–Crippen LogP) is 2.70. The van der Waals surface area contributed by atoms with Crippen molar-refractivity contribution in [3.05, 3.63) is 53.6 Å². The van der Waals surface area contributed by atoms with Crippen LogP contribution in [0.25, 0.3) is 0 Å². The molecule has 0 spiro atoms. The lowest BCUT2D eigenvalue weighted by Crippen LogP contribution is -2.45. The number of carbonyl (C=O) groups excluding carboxylic acids is 2. The van der Waals surface area contributed by atoms with Gasteiger partial charge >= 0.3 is 0 Å². The zero-order valence-corrected chi connectivity index (χ0v) is 20.6. The number of ether oxygens (including phenoxy) is 1. The minimum Gasteiger partial charge on any atom is -0.482 e. The largest absolute Gasteiger partial charge is 0.482 e. The van der Waals surface area contributed by atoms with Gasteiger partial charge in [0.05, 0.1) is 10.6 Å². The van der Waals surface area contributed by atoms with E-state index in [1.54, 1.807) is 6.07 Å². The molecule has 0 aliphatic carbocycles. The van der Waals surface area contributed by atoms with Gasteiger partial charge in [-0.1, -0.05) is 43.7 Å². The second kappa shape index (κ2) is 9.76. The van der Waals surface area contributed by atoms with Crippen molar-refractivity contribution in [2.45, 2.75) is 38.6 Å². The van der Waals surface area contributed by atoms with Gasteiger partial charge in [-0.15, -0.1) is 0 Å². The van der Waals surface area contributed by atoms with Crippen LogP contribution < -0.4 is 15.0 Å². The molecule has 2 amide bonds. The molecule has 1 fully saturated rings. The van der Waals surface area contributed by atoms with Gasteiger partial charge in [0.2, 0.25) is 15.9 Å². The molecule has 4 rings (SSSR count). The fourth-order valence-electron chi connectivity index (χ4n) is 4.57. The van der Waals surface area contributed by atoms with Crippen LogP contribution in [-0.4, -0.2) is 50.8 Å². The average molecular weight is 486 g/mol. The van der Waals surface area contributed by atoms with Gasteiger partial charge in [0.15, 0.2) is 6.61 Å². The molecule has 2 aromatic rings. The van der Waals surface area contributed by atoms with Crippen molar-refractivity contribution in [3.8, 4) is 5.75 Å². The number of nitrogens with zero attached hydrogens (tertiary/aromatic N) is 2. The lowest BCUT2D eigenvalue weighted by atomic mass is 9.94. The number of amides is 2. The monoisotopic (exact) mass is 485 g/mol. The van der Waals surface area contributed by atoms with Gasteiger partial charge in [0, 0.05) is 19.6 Å². The number of nitrogens with one attached hydrogen (secondary N) is 1. The van der Waals surface area contributed by atoms with Crippen LogP contribution in [0.5, 0.6) is 5.75 Å². The van der Waals surface area contributed by atoms with Gasteiger partial charge < -0.3 is 10.1 Å². The van der Waals surface area contributed by atoms with Crippen molar-refractivity contribution in [1.82, 2.24) is 9.62 Å². The third kappa shape index (κ3) is 5.26. The molecule has 2 aliphatic heterocycles. The first-order valence-corrected chi connectivity index (χ1v) is 13.0. The molecular weight excluding hydrogens is 454 g/mol. The van der Waals surface area contributed by atoms with Crippen LogP contribution in [0.1, 0.15) is 31.4 Å². The fraction of sp³-hybridized carbons (Fsp3) is 0.440. The van der Waals surface area contributed by atoms with E-state index in [2.05, 4.69) is 19.2 Å². The average Bonchev–Trinajstić information content (AvgIpc) is 2.79. The Morgan fingerprint density at radius 2 is 1.76 bits per heavy atom. The summed E-state index contributed by atoms with van der Waals surface area (Å²) in [5.74, 6) is 0.191. The zero-order chi connectivity index (χ0) is 24.5. The third-order valence-electron chi connectivity index (χ3n) is 6.26. The van der Waals surface area contributed by atoms with Gasteiger partial charge in [-0.3, -0.25) is 14.5 Å². The zero-order valence-electron chi connectivity index (χ0n) is 19.8. The Kier molecular flexibility index (Phi) is 6.95. The van der Waals surface area contributed by atoms with Gasteiger partial charge in [-0.05, 0) is 48.9 Å². The standard InChI is InChI=1S/C25H31N3O5S/c1-17-4-6-20(7-5-17)12-26-24(29)15-28-22-11-21(8-9-23(22)33-16-25(28)30)34(31,32)27-13-18(2)10-19(3)14-27/h4-9,11,18-19H,10,12-16H2,1-3H3,(H,26,29). The first-order valence-electron chi connectivity index (χ1n) is 11.5. The van der Waals surface area contributed by atoms with E-state index in [-0.39, 0.29) is 35.8 Å². The Morgan fingerprint density at radius 1 is 1.09 bits per heavy atom. The van der Waals surface area contributed by atoms with Gasteiger partial charge in [0.1, 0.15) is 12.3 Å². The molecule has 2 aromatic carbocycles. The predicted molar refractivity (Wildman–Crippen MR) is 129 cm³/mol. The number of carbonyl (C=O) groups is 2. The van der Waals surface area contributed by atoms with Gasteiger partial charge in [0.25, 0.3) is 5.91 Å². The lowest BCUT2D eigenvalue weighted by Gasteiger charge is -2.34. The highest BCUT2D eigenvalue weighted by Gasteiger charge is 2.34. The molecule has 2 aliphatic rings. The van der Waals surface area contributed by atoms with Crippen molar-refractivity contribution in [1.29, 1.82) is 0 Å². The highest BCUT2D eigenvalue weighted by atomic mass is 32.2. The van der Waals surface area contributed by atoms with E-state index in [4.69, 9.17) is 4.74 Å². The van der Waals surface area contributed by atoms with E-state index >= 15 is 0 Å². The molecule has 9 heteroatoms. The Hall–Kier alpha value is -2.91. The summed E-state index contributed by atoms with van der Waals surface area (Å²) in [6.07, 6.45) is 0.990. The SMILES string of the molecule is Cc1ccc(CNC(=O)CN2C(=O)COc3ccc(S(=O)(=O)N4CC(C)CC(C)C4)cc32)cc1. The molecule has 1 N–H and O–H groups in total. The second-order valence-corrected chi connectivity index (χ2v) is 11.4. The first kappa shape index (κ1) is 24.2. The van der Waals surface area contributed by atoms with Crippen molar-refractivity contribution >= 4 is 27.5 Å². The Morgan fingerprint density at radius 3 is 2.44 bits per heavy atom. The van der Waals surface area contributed by atoms with E-state index in [1.807, 2.05) is 31.2 Å².